The summed E-state index contributed by atoms with van der Waals surface area (Å²) in [6.07, 6.45) is 0. The second-order valence-corrected chi connectivity index (χ2v) is 2.86. The number of nitrogens with zero attached hydrogens (tertiary/aromatic N) is 1. The Balaban J connectivity index is 2.49. The van der Waals surface area contributed by atoms with E-state index in [0.29, 0.717) is 0 Å². The molecule has 0 fully saturated rings. The van der Waals surface area contributed by atoms with Crippen LogP contribution in [0.3, 0.4) is 0 Å². The van der Waals surface area contributed by atoms with E-state index in [9.17, 15) is 0 Å². The predicted molar refractivity (Wildman–Crippen MR) is 56.6 cm³/mol. The van der Waals surface area contributed by atoms with Crippen LogP contribution < -0.4 is 10.8 Å². The molecule has 74 valence electrons. The van der Waals surface area contributed by atoms with Crippen LogP contribution in [0.4, 0.5) is 5.69 Å². The van der Waals surface area contributed by atoms with E-state index in [-0.39, 0.29) is 0 Å². The van der Waals surface area contributed by atoms with Crippen molar-refractivity contribution in [1.29, 1.82) is 0 Å². The largest absolute Gasteiger partial charge is 0.304 e. The number of nitrogens with two attached hydrogens (primary N) is 1. The highest BCUT2D eigenvalue weighted by atomic mass is 32.2. The average Bonchev–Trinajstić information content (AvgIpc) is 2.25. The van der Waals surface area contributed by atoms with Crippen LogP contribution in [0.15, 0.2) is 30.3 Å². The van der Waals surface area contributed by atoms with E-state index in [2.05, 4.69) is 26.5 Å². The lowest BCUT2D eigenvalue weighted by Crippen LogP contribution is -2.07. The molecule has 1 rings (SSSR count). The molecule has 0 heterocycles. The molecule has 0 saturated heterocycles. The van der Waals surface area contributed by atoms with Crippen molar-refractivity contribution in [1.82, 2.24) is 0 Å². The number of hydrogen-bond donors (Lipinski definition) is 1. The molecule has 0 amide bonds. The Morgan fingerprint density at radius 1 is 1.36 bits per heavy atom. The van der Waals surface area contributed by atoms with Crippen LogP contribution in [0.1, 0.15) is 0 Å². The lowest BCUT2D eigenvalue weighted by molar-refractivity contribution is -0.194. The van der Waals surface area contributed by atoms with Gasteiger partial charge in [-0.05, 0) is 12.1 Å². The van der Waals surface area contributed by atoms with Crippen LogP contribution in [-0.4, -0.2) is 7.05 Å². The summed E-state index contributed by atoms with van der Waals surface area (Å²) in [5.74, 6) is 4.63. The zero-order valence-corrected chi connectivity index (χ0v) is 8.45. The zero-order valence-electron chi connectivity index (χ0n) is 7.64. The molecule has 1 aromatic rings. The summed E-state index contributed by atoms with van der Waals surface area (Å²) in [4.78, 5) is 5.64. The van der Waals surface area contributed by atoms with Gasteiger partial charge in [0.2, 0.25) is 0 Å². The van der Waals surface area contributed by atoms with Crippen molar-refractivity contribution < 1.29 is 9.32 Å². The molecule has 4 nitrogen and oxygen atoms in total. The van der Waals surface area contributed by atoms with Crippen molar-refractivity contribution in [2.45, 2.75) is 0 Å². The van der Waals surface area contributed by atoms with Gasteiger partial charge in [0.25, 0.3) is 0 Å². The molecule has 1 aromatic carbocycles. The van der Waals surface area contributed by atoms with Gasteiger partial charge < -0.3 is 4.90 Å². The highest BCUT2D eigenvalue weighted by Crippen LogP contribution is 2.09. The van der Waals surface area contributed by atoms with Gasteiger partial charge in [-0.3, -0.25) is 0 Å². The van der Waals surface area contributed by atoms with Crippen LogP contribution in [0.2, 0.25) is 0 Å². The molecular formula is C9H10N2O2S. The van der Waals surface area contributed by atoms with Crippen molar-refractivity contribution >= 4 is 17.7 Å². The lowest BCUT2D eigenvalue weighted by atomic mass is 10.3. The second-order valence-electron chi connectivity index (χ2n) is 2.36. The summed E-state index contributed by atoms with van der Waals surface area (Å²) in [5.41, 5.74) is 1.01. The molecule has 0 aromatic heterocycles. The van der Waals surface area contributed by atoms with Gasteiger partial charge in [0.05, 0.1) is 0 Å². The maximum atomic E-state index is 4.63. The predicted octanol–water partition coefficient (Wildman–Crippen LogP) is 1.51. The highest BCUT2D eigenvalue weighted by molar-refractivity contribution is 7.99. The van der Waals surface area contributed by atoms with Crippen molar-refractivity contribution in [2.75, 3.05) is 11.9 Å². The fourth-order valence-corrected chi connectivity index (χ4v) is 1.09. The maximum absolute atomic E-state index is 4.63. The van der Waals surface area contributed by atoms with E-state index in [1.54, 1.807) is 4.90 Å². The van der Waals surface area contributed by atoms with E-state index < -0.39 is 0 Å². The summed E-state index contributed by atoms with van der Waals surface area (Å²) in [6.45, 7) is 0. The number of para-hydroxylation sites is 1. The molecule has 2 N–H and O–H groups in total. The highest BCUT2D eigenvalue weighted by Gasteiger charge is 1.93. The molecule has 14 heavy (non-hydrogen) atoms. The van der Waals surface area contributed by atoms with Gasteiger partial charge in [0.1, 0.15) is 12.0 Å². The van der Waals surface area contributed by atoms with Crippen molar-refractivity contribution in [3.05, 3.63) is 30.3 Å². The summed E-state index contributed by atoms with van der Waals surface area (Å²) in [5, 5.41) is 2.65. The normalized spacial score (nSPS) is 9.00. The summed E-state index contributed by atoms with van der Waals surface area (Å²) < 4.78 is 4.31. The minimum absolute atomic E-state index is 0.826. The third-order valence-electron chi connectivity index (χ3n) is 1.47. The first-order valence-electron chi connectivity index (χ1n) is 3.83. The Labute approximate surface area is 87.1 Å². The van der Waals surface area contributed by atoms with Gasteiger partial charge in [-0.15, -0.1) is 9.32 Å². The number of benzene rings is 1. The average molecular weight is 210 g/mol. The van der Waals surface area contributed by atoms with Gasteiger partial charge in [-0.25, -0.2) is 0 Å². The van der Waals surface area contributed by atoms with E-state index in [0.717, 1.165) is 17.7 Å². The molecule has 0 aliphatic rings. The summed E-state index contributed by atoms with van der Waals surface area (Å²) in [7, 11) is 1.85. The Kier molecular flexibility index (Phi) is 4.89. The van der Waals surface area contributed by atoms with Gasteiger partial charge in [-0.1, -0.05) is 18.2 Å². The number of anilines is 1. The molecule has 0 aliphatic carbocycles. The fraction of sp³-hybridized carbons (Fsp3) is 0.111. The molecule has 0 spiro atoms. The molecule has 0 unspecified atom stereocenters. The van der Waals surface area contributed by atoms with E-state index >= 15 is 0 Å². The van der Waals surface area contributed by atoms with Crippen LogP contribution in [-0.2, 0) is 9.32 Å². The minimum atomic E-state index is 0.826. The third-order valence-corrected chi connectivity index (χ3v) is 1.79. The number of hydrogen-bond acceptors (Lipinski definition) is 5. The Morgan fingerprint density at radius 2 is 2.07 bits per heavy atom. The topological polar surface area (TPSA) is 47.7 Å². The molecule has 0 radical (unpaired) electrons. The standard InChI is InChI=1S/C9H10N2O2S/c1-11(7-8-14-13-12-10)9-5-3-2-4-6-9/h2-6H,10H2,1H3. The van der Waals surface area contributed by atoms with E-state index in [1.165, 1.54) is 0 Å². The van der Waals surface area contributed by atoms with Crippen LogP contribution in [0.5, 0.6) is 0 Å². The first-order chi connectivity index (χ1) is 6.84. The molecule has 5 heteroatoms. The van der Waals surface area contributed by atoms with Crippen molar-refractivity contribution in [2.24, 2.45) is 5.90 Å². The Morgan fingerprint density at radius 3 is 2.71 bits per heavy atom. The first kappa shape index (κ1) is 10.9. The van der Waals surface area contributed by atoms with Gasteiger partial charge in [0, 0.05) is 24.0 Å². The van der Waals surface area contributed by atoms with Crippen LogP contribution >= 0.6 is 12.0 Å². The lowest BCUT2D eigenvalue weighted by Gasteiger charge is -2.09. The quantitative estimate of drug-likeness (QED) is 0.205. The smallest absolute Gasteiger partial charge is 0.125 e. The van der Waals surface area contributed by atoms with E-state index in [1.807, 2.05) is 37.4 Å². The zero-order chi connectivity index (χ0) is 10.2. The molecule has 0 atom stereocenters. The van der Waals surface area contributed by atoms with Crippen LogP contribution in [0, 0.1) is 11.3 Å². The van der Waals surface area contributed by atoms with Crippen LogP contribution in [0.25, 0.3) is 0 Å². The van der Waals surface area contributed by atoms with E-state index in [4.69, 9.17) is 0 Å². The molecule has 0 bridgehead atoms. The third kappa shape index (κ3) is 3.68. The van der Waals surface area contributed by atoms with Gasteiger partial charge in [-0.2, -0.15) is 5.90 Å². The van der Waals surface area contributed by atoms with Crippen molar-refractivity contribution in [3.63, 3.8) is 0 Å². The van der Waals surface area contributed by atoms with Crippen molar-refractivity contribution in [3.8, 4) is 11.3 Å². The van der Waals surface area contributed by atoms with Gasteiger partial charge in [0.15, 0.2) is 0 Å². The molecular weight excluding hydrogens is 200 g/mol. The fourth-order valence-electron chi connectivity index (χ4n) is 0.840. The SMILES string of the molecule is CN(C#CSOON)c1ccccc1. The second kappa shape index (κ2) is 6.29. The maximum Gasteiger partial charge on any atom is 0.125 e. The summed E-state index contributed by atoms with van der Waals surface area (Å²) in [6, 6.07) is 12.6. The molecule has 0 saturated carbocycles. The van der Waals surface area contributed by atoms with Gasteiger partial charge >= 0.3 is 0 Å². The summed E-state index contributed by atoms with van der Waals surface area (Å²) >= 11 is 0.826. The minimum Gasteiger partial charge on any atom is -0.304 e. The Bertz CT molecular complexity index is 321. The monoisotopic (exact) mass is 210 g/mol. The molecule has 0 aliphatic heterocycles. The Hall–Kier alpha value is -1.19. The first-order valence-corrected chi connectivity index (χ1v) is 4.57. The number of rotatable bonds is 3.